The predicted molar refractivity (Wildman–Crippen MR) is 61.9 cm³/mol. The SMILES string of the molecule is [CH2]CCCCc1ccc(OCOC)cc1. The lowest BCUT2D eigenvalue weighted by Crippen LogP contribution is -1.98. The third-order valence-corrected chi connectivity index (χ3v) is 2.23. The van der Waals surface area contributed by atoms with E-state index in [1.165, 1.54) is 18.4 Å². The molecule has 0 aromatic heterocycles. The van der Waals surface area contributed by atoms with E-state index in [9.17, 15) is 0 Å². The van der Waals surface area contributed by atoms with Gasteiger partial charge in [0.15, 0.2) is 6.79 Å². The maximum Gasteiger partial charge on any atom is 0.188 e. The van der Waals surface area contributed by atoms with Crippen molar-refractivity contribution in [2.75, 3.05) is 13.9 Å². The molecule has 0 aliphatic heterocycles. The van der Waals surface area contributed by atoms with Crippen LogP contribution in [-0.2, 0) is 11.2 Å². The fourth-order valence-electron chi connectivity index (χ4n) is 1.39. The molecule has 83 valence electrons. The van der Waals surface area contributed by atoms with Crippen LogP contribution >= 0.6 is 0 Å². The number of aryl methyl sites for hydroxylation is 1. The van der Waals surface area contributed by atoms with Crippen molar-refractivity contribution in [2.24, 2.45) is 0 Å². The molecule has 1 radical (unpaired) electrons. The molecular weight excluding hydrogens is 188 g/mol. The van der Waals surface area contributed by atoms with E-state index in [0.29, 0.717) is 6.79 Å². The summed E-state index contributed by atoms with van der Waals surface area (Å²) < 4.78 is 10.1. The summed E-state index contributed by atoms with van der Waals surface area (Å²) in [5.41, 5.74) is 1.35. The van der Waals surface area contributed by atoms with Crippen LogP contribution in [0.3, 0.4) is 0 Å². The first kappa shape index (κ1) is 12.1. The molecule has 2 heteroatoms. The lowest BCUT2D eigenvalue weighted by Gasteiger charge is -2.05. The van der Waals surface area contributed by atoms with Gasteiger partial charge in [0.2, 0.25) is 0 Å². The number of ether oxygens (including phenoxy) is 2. The van der Waals surface area contributed by atoms with Crippen LogP contribution in [0.1, 0.15) is 24.8 Å². The van der Waals surface area contributed by atoms with Gasteiger partial charge in [-0.15, -0.1) is 0 Å². The van der Waals surface area contributed by atoms with Crippen LogP contribution in [0, 0.1) is 6.92 Å². The Morgan fingerprint density at radius 1 is 1.13 bits per heavy atom. The van der Waals surface area contributed by atoms with Gasteiger partial charge in [-0.25, -0.2) is 0 Å². The quantitative estimate of drug-likeness (QED) is 0.505. The molecule has 0 atom stereocenters. The summed E-state index contributed by atoms with van der Waals surface area (Å²) in [6.07, 6.45) is 4.55. The third kappa shape index (κ3) is 4.84. The largest absolute Gasteiger partial charge is 0.468 e. The van der Waals surface area contributed by atoms with Gasteiger partial charge < -0.3 is 9.47 Å². The van der Waals surface area contributed by atoms with Gasteiger partial charge in [0.25, 0.3) is 0 Å². The van der Waals surface area contributed by atoms with Crippen molar-refractivity contribution in [3.63, 3.8) is 0 Å². The van der Waals surface area contributed by atoms with Crippen molar-refractivity contribution in [1.29, 1.82) is 0 Å². The van der Waals surface area contributed by atoms with Crippen LogP contribution in [0.25, 0.3) is 0 Å². The Labute approximate surface area is 92.2 Å². The van der Waals surface area contributed by atoms with Crippen LogP contribution in [0.15, 0.2) is 24.3 Å². The van der Waals surface area contributed by atoms with Crippen molar-refractivity contribution >= 4 is 0 Å². The molecule has 0 bridgehead atoms. The van der Waals surface area contributed by atoms with Gasteiger partial charge in [0.1, 0.15) is 5.75 Å². The molecular formula is C13H19O2. The number of rotatable bonds is 7. The van der Waals surface area contributed by atoms with E-state index in [4.69, 9.17) is 9.47 Å². The van der Waals surface area contributed by atoms with E-state index >= 15 is 0 Å². The van der Waals surface area contributed by atoms with Crippen LogP contribution in [0.5, 0.6) is 5.75 Å². The van der Waals surface area contributed by atoms with Gasteiger partial charge >= 0.3 is 0 Å². The average molecular weight is 207 g/mol. The van der Waals surface area contributed by atoms with Crippen molar-refractivity contribution in [2.45, 2.75) is 25.7 Å². The zero-order valence-corrected chi connectivity index (χ0v) is 9.37. The standard InChI is InChI=1S/C13H19O2/c1-3-4-5-6-12-7-9-13(10-8-12)15-11-14-2/h7-10H,1,3-6,11H2,2H3. The molecule has 1 aromatic rings. The third-order valence-electron chi connectivity index (χ3n) is 2.23. The Bertz CT molecular complexity index is 254. The van der Waals surface area contributed by atoms with Gasteiger partial charge in [0, 0.05) is 7.11 Å². The van der Waals surface area contributed by atoms with Gasteiger partial charge in [0.05, 0.1) is 0 Å². The number of hydrogen-bond acceptors (Lipinski definition) is 2. The maximum atomic E-state index is 5.30. The highest BCUT2D eigenvalue weighted by atomic mass is 16.7. The molecule has 2 nitrogen and oxygen atoms in total. The minimum Gasteiger partial charge on any atom is -0.468 e. The minimum absolute atomic E-state index is 0.306. The number of methoxy groups -OCH3 is 1. The van der Waals surface area contributed by atoms with E-state index in [1.807, 2.05) is 12.1 Å². The lowest BCUT2D eigenvalue weighted by atomic mass is 10.1. The zero-order valence-electron chi connectivity index (χ0n) is 9.37. The highest BCUT2D eigenvalue weighted by molar-refractivity contribution is 5.27. The maximum absolute atomic E-state index is 5.30. The lowest BCUT2D eigenvalue weighted by molar-refractivity contribution is 0.0511. The highest BCUT2D eigenvalue weighted by Gasteiger charge is 1.95. The summed E-state index contributed by atoms with van der Waals surface area (Å²) in [5, 5.41) is 0. The Balaban J connectivity index is 2.35. The van der Waals surface area contributed by atoms with Crippen LogP contribution in [-0.4, -0.2) is 13.9 Å². The Hall–Kier alpha value is -1.02. The molecule has 15 heavy (non-hydrogen) atoms. The normalized spacial score (nSPS) is 10.3. The van der Waals surface area contributed by atoms with E-state index in [2.05, 4.69) is 19.1 Å². The highest BCUT2D eigenvalue weighted by Crippen LogP contribution is 2.14. The smallest absolute Gasteiger partial charge is 0.188 e. The Morgan fingerprint density at radius 3 is 2.47 bits per heavy atom. The predicted octanol–water partition coefficient (Wildman–Crippen LogP) is 3.22. The molecule has 0 aliphatic rings. The van der Waals surface area contributed by atoms with E-state index in [0.717, 1.165) is 18.6 Å². The summed E-state index contributed by atoms with van der Waals surface area (Å²) in [6.45, 7) is 4.14. The second-order valence-electron chi connectivity index (χ2n) is 3.51. The molecule has 0 amide bonds. The van der Waals surface area contributed by atoms with Gasteiger partial charge in [-0.1, -0.05) is 31.9 Å². The molecule has 0 heterocycles. The molecule has 0 unspecified atom stereocenters. The fraction of sp³-hybridized carbons (Fsp3) is 0.462. The molecule has 0 spiro atoms. The summed E-state index contributed by atoms with van der Waals surface area (Å²) in [6, 6.07) is 8.18. The number of benzene rings is 1. The second kappa shape index (κ2) is 7.30. The zero-order chi connectivity index (χ0) is 10.9. The van der Waals surface area contributed by atoms with Crippen LogP contribution < -0.4 is 4.74 Å². The molecule has 0 aliphatic carbocycles. The Kier molecular flexibility index (Phi) is 5.86. The van der Waals surface area contributed by atoms with Crippen molar-refractivity contribution in [3.05, 3.63) is 36.8 Å². The summed E-state index contributed by atoms with van der Waals surface area (Å²) >= 11 is 0. The van der Waals surface area contributed by atoms with Gasteiger partial charge in [-0.05, 0) is 30.5 Å². The second-order valence-corrected chi connectivity index (χ2v) is 3.51. The summed E-state index contributed by atoms with van der Waals surface area (Å²) in [5.74, 6) is 0.859. The van der Waals surface area contributed by atoms with Gasteiger partial charge in [-0.3, -0.25) is 0 Å². The molecule has 1 rings (SSSR count). The first-order chi connectivity index (χ1) is 7.36. The van der Waals surface area contributed by atoms with Crippen LogP contribution in [0.2, 0.25) is 0 Å². The first-order valence-corrected chi connectivity index (χ1v) is 5.36. The monoisotopic (exact) mass is 207 g/mol. The number of hydrogen-bond donors (Lipinski definition) is 0. The first-order valence-electron chi connectivity index (χ1n) is 5.36. The minimum atomic E-state index is 0.306. The molecule has 0 saturated heterocycles. The fourth-order valence-corrected chi connectivity index (χ4v) is 1.39. The molecule has 0 N–H and O–H groups in total. The molecule has 0 fully saturated rings. The van der Waals surface area contributed by atoms with Crippen molar-refractivity contribution in [3.8, 4) is 5.75 Å². The number of unbranched alkanes of at least 4 members (excludes halogenated alkanes) is 2. The summed E-state index contributed by atoms with van der Waals surface area (Å²) in [4.78, 5) is 0. The van der Waals surface area contributed by atoms with E-state index in [-0.39, 0.29) is 0 Å². The van der Waals surface area contributed by atoms with Gasteiger partial charge in [-0.2, -0.15) is 0 Å². The Morgan fingerprint density at radius 2 is 1.87 bits per heavy atom. The van der Waals surface area contributed by atoms with Crippen LogP contribution in [0.4, 0.5) is 0 Å². The molecule has 0 saturated carbocycles. The average Bonchev–Trinajstić information content (AvgIpc) is 2.28. The summed E-state index contributed by atoms with van der Waals surface area (Å²) in [7, 11) is 1.62. The van der Waals surface area contributed by atoms with Crippen molar-refractivity contribution < 1.29 is 9.47 Å². The van der Waals surface area contributed by atoms with E-state index in [1.54, 1.807) is 7.11 Å². The molecule has 1 aromatic carbocycles. The topological polar surface area (TPSA) is 18.5 Å². The van der Waals surface area contributed by atoms with Crippen molar-refractivity contribution in [1.82, 2.24) is 0 Å². The van der Waals surface area contributed by atoms with E-state index < -0.39 is 0 Å².